The van der Waals surface area contributed by atoms with Crippen LogP contribution >= 0.6 is 11.6 Å². The van der Waals surface area contributed by atoms with E-state index in [0.29, 0.717) is 30.0 Å². The van der Waals surface area contributed by atoms with Crippen molar-refractivity contribution in [2.45, 2.75) is 70.1 Å². The number of hydrogen-bond donors (Lipinski definition) is 1. The topological polar surface area (TPSA) is 110 Å². The first-order chi connectivity index (χ1) is 17.1. The number of pyridine rings is 1. The molecule has 1 N–H and O–H groups in total. The molecule has 8 heteroatoms. The number of ether oxygens (including phenoxy) is 2. The third-order valence-corrected chi connectivity index (χ3v) is 10.1. The second-order valence-corrected chi connectivity index (χ2v) is 11.8. The second kappa shape index (κ2) is 8.06. The van der Waals surface area contributed by atoms with E-state index in [0.717, 1.165) is 12.0 Å². The van der Waals surface area contributed by atoms with Crippen LogP contribution < -0.4 is 0 Å². The third kappa shape index (κ3) is 3.05. The summed E-state index contributed by atoms with van der Waals surface area (Å²) in [4.78, 5) is 29.9. The Balaban J connectivity index is 1.42. The van der Waals surface area contributed by atoms with E-state index in [1.54, 1.807) is 24.4 Å². The molecule has 2 saturated carbocycles. The average Bonchev–Trinajstić information content (AvgIpc) is 3.33. The fourth-order valence-corrected chi connectivity index (χ4v) is 8.58. The summed E-state index contributed by atoms with van der Waals surface area (Å²) in [5.41, 5.74) is -0.736. The Bertz CT molecular complexity index is 1250. The van der Waals surface area contributed by atoms with Crippen molar-refractivity contribution >= 4 is 23.2 Å². The van der Waals surface area contributed by atoms with E-state index in [9.17, 15) is 20.0 Å². The first-order valence-electron chi connectivity index (χ1n) is 12.6. The number of fused-ring (bicyclic) bond motifs is 7. The van der Waals surface area contributed by atoms with E-state index in [1.807, 2.05) is 19.1 Å². The Morgan fingerprint density at radius 3 is 2.94 bits per heavy atom. The van der Waals surface area contributed by atoms with Crippen LogP contribution in [0.3, 0.4) is 0 Å². The Hall–Kier alpha value is -2.37. The zero-order valence-corrected chi connectivity index (χ0v) is 21.1. The summed E-state index contributed by atoms with van der Waals surface area (Å²) < 4.78 is 13.0. The summed E-state index contributed by atoms with van der Waals surface area (Å²) in [5, 5.41) is 21.5. The summed E-state index contributed by atoms with van der Waals surface area (Å²) >= 11 is 6.11. The van der Waals surface area contributed by atoms with Crippen molar-refractivity contribution in [2.24, 2.45) is 28.6 Å². The normalized spacial score (nSPS) is 44.6. The van der Waals surface area contributed by atoms with Crippen molar-refractivity contribution in [3.8, 4) is 6.07 Å². The van der Waals surface area contributed by atoms with Gasteiger partial charge in [-0.3, -0.25) is 9.59 Å². The molecule has 0 amide bonds. The highest BCUT2D eigenvalue weighted by Gasteiger charge is 2.75. The molecule has 2 heterocycles. The van der Waals surface area contributed by atoms with Crippen LogP contribution in [0.25, 0.3) is 0 Å². The van der Waals surface area contributed by atoms with E-state index in [2.05, 4.69) is 18.0 Å². The SMILES string of the molecule is C[C@]12C=CC(=O)CC1=CC[C@@H]1[C@@H]2[C@@H](O)C[C@@]2(C)[C@H]1C[C@H]1OC(c3ccnc(Cl)c3)O[C@]12C(=O)CC#N. The van der Waals surface area contributed by atoms with Gasteiger partial charge >= 0.3 is 0 Å². The average molecular weight is 509 g/mol. The van der Waals surface area contributed by atoms with E-state index in [1.165, 1.54) is 0 Å². The van der Waals surface area contributed by atoms with E-state index in [-0.39, 0.29) is 35.7 Å². The molecule has 1 aliphatic heterocycles. The van der Waals surface area contributed by atoms with Crippen LogP contribution in [0, 0.1) is 39.9 Å². The molecule has 0 radical (unpaired) electrons. The van der Waals surface area contributed by atoms with Crippen LogP contribution in [0.5, 0.6) is 0 Å². The minimum Gasteiger partial charge on any atom is -0.393 e. The Kier molecular flexibility index (Phi) is 5.37. The van der Waals surface area contributed by atoms with Gasteiger partial charge in [0.1, 0.15) is 5.15 Å². The molecule has 36 heavy (non-hydrogen) atoms. The number of carbonyl (C=O) groups excluding carboxylic acids is 2. The number of hydrogen-bond acceptors (Lipinski definition) is 7. The highest BCUT2D eigenvalue weighted by molar-refractivity contribution is 6.29. The molecule has 7 nitrogen and oxygen atoms in total. The Labute approximate surface area is 215 Å². The van der Waals surface area contributed by atoms with E-state index >= 15 is 0 Å². The lowest BCUT2D eigenvalue weighted by Crippen LogP contribution is -2.62. The molecule has 188 valence electrons. The largest absolute Gasteiger partial charge is 0.393 e. The summed E-state index contributed by atoms with van der Waals surface area (Å²) in [7, 11) is 0. The number of nitriles is 1. The zero-order chi connectivity index (χ0) is 25.5. The Morgan fingerprint density at radius 2 is 2.19 bits per heavy atom. The predicted octanol–water partition coefficient (Wildman–Crippen LogP) is 4.26. The van der Waals surface area contributed by atoms with Gasteiger partial charge in [0, 0.05) is 34.9 Å². The minimum atomic E-state index is -1.34. The van der Waals surface area contributed by atoms with Gasteiger partial charge in [0.15, 0.2) is 23.5 Å². The van der Waals surface area contributed by atoms with Gasteiger partial charge in [0.05, 0.1) is 24.7 Å². The molecule has 4 aliphatic carbocycles. The number of rotatable bonds is 3. The number of carbonyl (C=O) groups is 2. The van der Waals surface area contributed by atoms with Crippen molar-refractivity contribution in [3.63, 3.8) is 0 Å². The number of allylic oxidation sites excluding steroid dienone is 4. The standard InChI is InChI=1S/C28H29ClN2O5/c1-26-8-5-17(32)12-16(26)3-4-18-19-13-22-28(21(34)6-9-30,27(19,2)14-20(33)24(18)26)36-25(35-22)15-7-10-31-23(29)11-15/h3,5,7-8,10-11,18-20,22,24-25,33H,4,6,12-14H2,1-2H3/t18-,19-,20-,22+,24+,25?,26-,27-,28+/m0/s1. The molecule has 0 aromatic carbocycles. The molecular weight excluding hydrogens is 480 g/mol. The summed E-state index contributed by atoms with van der Waals surface area (Å²) in [5.74, 6) is -0.149. The van der Waals surface area contributed by atoms with Crippen molar-refractivity contribution < 1.29 is 24.2 Å². The quantitative estimate of drug-likeness (QED) is 0.480. The fraction of sp³-hybridized carbons (Fsp3) is 0.571. The summed E-state index contributed by atoms with van der Waals surface area (Å²) in [6.07, 6.45) is 7.07. The van der Waals surface area contributed by atoms with Crippen molar-refractivity contribution in [3.05, 3.63) is 52.8 Å². The van der Waals surface area contributed by atoms with Crippen LogP contribution in [0.1, 0.15) is 57.8 Å². The molecule has 1 unspecified atom stereocenters. The van der Waals surface area contributed by atoms with Crippen LogP contribution in [-0.4, -0.2) is 39.5 Å². The number of aliphatic hydroxyl groups excluding tert-OH is 1. The smallest absolute Gasteiger partial charge is 0.185 e. The van der Waals surface area contributed by atoms with Crippen LogP contribution in [-0.2, 0) is 19.1 Å². The van der Waals surface area contributed by atoms with Gasteiger partial charge in [-0.1, -0.05) is 43.2 Å². The van der Waals surface area contributed by atoms with E-state index in [4.69, 9.17) is 21.1 Å². The van der Waals surface area contributed by atoms with Crippen molar-refractivity contribution in [2.75, 3.05) is 0 Å². The molecule has 5 aliphatic rings. The van der Waals surface area contributed by atoms with Gasteiger partial charge in [-0.15, -0.1) is 0 Å². The molecule has 6 rings (SSSR count). The lowest BCUT2D eigenvalue weighted by atomic mass is 9.46. The van der Waals surface area contributed by atoms with Crippen molar-refractivity contribution in [1.82, 2.24) is 4.98 Å². The number of aromatic nitrogens is 1. The third-order valence-electron chi connectivity index (χ3n) is 9.87. The molecule has 0 spiro atoms. The molecule has 1 saturated heterocycles. The van der Waals surface area contributed by atoms with Crippen LogP contribution in [0.15, 0.2) is 42.1 Å². The van der Waals surface area contributed by atoms with Crippen molar-refractivity contribution in [1.29, 1.82) is 5.26 Å². The van der Waals surface area contributed by atoms with Gasteiger partial charge in [-0.25, -0.2) is 4.98 Å². The van der Waals surface area contributed by atoms with Crippen LogP contribution in [0.4, 0.5) is 0 Å². The lowest BCUT2D eigenvalue weighted by molar-refractivity contribution is -0.197. The molecular formula is C28H29ClN2O5. The first kappa shape index (κ1) is 24.0. The highest BCUT2D eigenvalue weighted by atomic mass is 35.5. The first-order valence-corrected chi connectivity index (χ1v) is 13.0. The van der Waals surface area contributed by atoms with Gasteiger partial charge in [0.25, 0.3) is 0 Å². The lowest BCUT2D eigenvalue weighted by Gasteiger charge is -2.59. The monoisotopic (exact) mass is 508 g/mol. The number of nitrogens with zero attached hydrogens (tertiary/aromatic N) is 2. The molecule has 1 aromatic heterocycles. The zero-order valence-electron chi connectivity index (χ0n) is 20.3. The number of Topliss-reactive ketones (excluding diaryl/α,β-unsaturated/α-hetero) is 1. The van der Waals surface area contributed by atoms with Gasteiger partial charge < -0.3 is 14.6 Å². The van der Waals surface area contributed by atoms with Gasteiger partial charge in [0.2, 0.25) is 0 Å². The fourth-order valence-electron chi connectivity index (χ4n) is 8.39. The van der Waals surface area contributed by atoms with E-state index < -0.39 is 34.9 Å². The molecule has 0 bridgehead atoms. The van der Waals surface area contributed by atoms with Crippen LogP contribution in [0.2, 0.25) is 5.15 Å². The maximum Gasteiger partial charge on any atom is 0.185 e. The van der Waals surface area contributed by atoms with Gasteiger partial charge in [-0.05, 0) is 49.3 Å². The molecule has 9 atom stereocenters. The predicted molar refractivity (Wildman–Crippen MR) is 129 cm³/mol. The number of aliphatic hydroxyl groups is 1. The maximum atomic E-state index is 13.7. The van der Waals surface area contributed by atoms with Gasteiger partial charge in [-0.2, -0.15) is 5.26 Å². The minimum absolute atomic E-state index is 0.0428. The summed E-state index contributed by atoms with van der Waals surface area (Å²) in [6.45, 7) is 4.15. The second-order valence-electron chi connectivity index (χ2n) is 11.4. The Morgan fingerprint density at radius 1 is 1.39 bits per heavy atom. The summed E-state index contributed by atoms with van der Waals surface area (Å²) in [6, 6.07) is 5.42. The molecule has 3 fully saturated rings. The maximum absolute atomic E-state index is 13.7. The molecule has 1 aromatic rings. The highest BCUT2D eigenvalue weighted by Crippen LogP contribution is 2.70. The number of halogens is 1. The number of ketones is 2.